The summed E-state index contributed by atoms with van der Waals surface area (Å²) >= 11 is 3.31. The molecule has 4 heterocycles. The Kier molecular flexibility index (Phi) is 7.35. The third-order valence-corrected chi connectivity index (χ3v) is 6.84. The van der Waals surface area contributed by atoms with E-state index in [-0.39, 0.29) is 5.62 Å². The maximum atomic E-state index is 12.9. The molecule has 11 nitrogen and oxygen atoms in total. The van der Waals surface area contributed by atoms with E-state index in [1.165, 1.54) is 6.20 Å². The number of amides is 1. The summed E-state index contributed by atoms with van der Waals surface area (Å²) in [6.07, 6.45) is 2.29. The van der Waals surface area contributed by atoms with Gasteiger partial charge in [-0.05, 0) is 40.5 Å². The number of nitrogens with one attached hydrogen (secondary N) is 1. The Bertz CT molecular complexity index is 1350. The molecule has 3 N–H and O–H groups in total. The number of nitrogen functional groups attached to an aromatic ring is 1. The van der Waals surface area contributed by atoms with Crippen LogP contribution in [0.1, 0.15) is 16.8 Å². The minimum absolute atomic E-state index is 0.281. The van der Waals surface area contributed by atoms with E-state index in [0.29, 0.717) is 52.6 Å². The second kappa shape index (κ2) is 10.8. The van der Waals surface area contributed by atoms with Crippen LogP contribution in [0.5, 0.6) is 11.5 Å². The zero-order valence-corrected chi connectivity index (χ0v) is 21.6. The average molecular weight is 558 g/mol. The van der Waals surface area contributed by atoms with Crippen molar-refractivity contribution in [3.05, 3.63) is 40.1 Å². The van der Waals surface area contributed by atoms with E-state index in [1.807, 2.05) is 16.7 Å². The number of ether oxygens (including phenoxy) is 3. The molecule has 0 atom stereocenters. The molecule has 2 aliphatic heterocycles. The smallest absolute Gasteiger partial charge is 0.281 e. The monoisotopic (exact) mass is 557 g/mol. The predicted molar refractivity (Wildman–Crippen MR) is 138 cm³/mol. The number of fused-ring (bicyclic) bond motifs is 3. The lowest BCUT2D eigenvalue weighted by molar-refractivity contribution is 0.0357. The molecule has 0 unspecified atom stereocenters. The fourth-order valence-electron chi connectivity index (χ4n) is 4.36. The maximum absolute atomic E-state index is 12.9. The highest BCUT2D eigenvalue weighted by molar-refractivity contribution is 9.10. The second-order valence-electron chi connectivity index (χ2n) is 8.50. The second-order valence-corrected chi connectivity index (χ2v) is 9.35. The van der Waals surface area contributed by atoms with E-state index in [9.17, 15) is 4.79 Å². The third-order valence-electron chi connectivity index (χ3n) is 6.20. The third kappa shape index (κ3) is 5.01. The van der Waals surface area contributed by atoms with Crippen molar-refractivity contribution in [2.45, 2.75) is 13.0 Å². The first-order valence-electron chi connectivity index (χ1n) is 11.8. The van der Waals surface area contributed by atoms with E-state index in [2.05, 4.69) is 36.1 Å². The van der Waals surface area contributed by atoms with Gasteiger partial charge in [-0.25, -0.2) is 9.97 Å². The Balaban J connectivity index is 1.45. The number of benzene rings is 1. The number of methoxy groups -OCH3 is 1. The number of carbonyl (C=O) groups is 1. The van der Waals surface area contributed by atoms with Gasteiger partial charge in [-0.1, -0.05) is 0 Å². The summed E-state index contributed by atoms with van der Waals surface area (Å²) < 4.78 is 19.6. The molecule has 0 bridgehead atoms. The van der Waals surface area contributed by atoms with E-state index in [0.717, 1.165) is 50.5 Å². The number of anilines is 2. The van der Waals surface area contributed by atoms with Gasteiger partial charge in [-0.15, -0.1) is 0 Å². The van der Waals surface area contributed by atoms with Crippen molar-refractivity contribution < 1.29 is 19.0 Å². The topological polar surface area (TPSA) is 129 Å². The first-order chi connectivity index (χ1) is 17.5. The lowest BCUT2D eigenvalue weighted by Crippen LogP contribution is -2.37. The standard InChI is InChI=1S/C24H28BrN7O4/c1-34-20-18(36-10-2-6-31-8-11-35-12-9-31)4-3-16-19(20)29-24(32-7-5-27-22(16)32)30-23(33)15-13-17(25)21(26)28-14-15/h3-4,13-14,27H,2,5-12H2,1H3,(H2,26,28). The van der Waals surface area contributed by atoms with Gasteiger partial charge in [-0.3, -0.25) is 14.3 Å². The summed E-state index contributed by atoms with van der Waals surface area (Å²) in [4.78, 5) is 28.4. The molecule has 36 heavy (non-hydrogen) atoms. The molecule has 0 aliphatic carbocycles. The number of morpholine rings is 1. The van der Waals surface area contributed by atoms with Crippen molar-refractivity contribution in [3.8, 4) is 11.5 Å². The molecule has 1 saturated heterocycles. The molecular formula is C24H28BrN7O4. The summed E-state index contributed by atoms with van der Waals surface area (Å²) in [5, 5.41) is 4.24. The van der Waals surface area contributed by atoms with Crippen molar-refractivity contribution in [2.24, 2.45) is 4.99 Å². The molecule has 1 fully saturated rings. The fraction of sp³-hybridized carbons (Fsp3) is 0.417. The van der Waals surface area contributed by atoms with Crippen LogP contribution in [0, 0.1) is 0 Å². The minimum Gasteiger partial charge on any atom is -0.491 e. The molecule has 0 saturated carbocycles. The Morgan fingerprint density at radius 3 is 2.92 bits per heavy atom. The van der Waals surface area contributed by atoms with Gasteiger partial charge in [0.1, 0.15) is 17.2 Å². The van der Waals surface area contributed by atoms with E-state index >= 15 is 0 Å². The molecule has 1 amide bonds. The number of pyridine rings is 1. The van der Waals surface area contributed by atoms with Gasteiger partial charge in [0, 0.05) is 44.3 Å². The molecular weight excluding hydrogens is 530 g/mol. The minimum atomic E-state index is -0.467. The van der Waals surface area contributed by atoms with Gasteiger partial charge < -0.3 is 25.3 Å². The first-order valence-corrected chi connectivity index (χ1v) is 12.6. The van der Waals surface area contributed by atoms with Gasteiger partial charge in [0.25, 0.3) is 5.91 Å². The van der Waals surface area contributed by atoms with Crippen LogP contribution in [-0.2, 0) is 11.3 Å². The van der Waals surface area contributed by atoms with Crippen LogP contribution < -0.4 is 26.1 Å². The molecule has 0 radical (unpaired) electrons. The Labute approximate surface area is 216 Å². The zero-order valence-electron chi connectivity index (χ0n) is 20.0. The van der Waals surface area contributed by atoms with Crippen LogP contribution in [0.2, 0.25) is 0 Å². The molecule has 3 aromatic rings. The highest BCUT2D eigenvalue weighted by Gasteiger charge is 2.21. The molecule has 190 valence electrons. The van der Waals surface area contributed by atoms with Crippen molar-refractivity contribution >= 4 is 44.4 Å². The number of aromatic nitrogens is 3. The van der Waals surface area contributed by atoms with Crippen molar-refractivity contribution in [1.82, 2.24) is 19.4 Å². The summed E-state index contributed by atoms with van der Waals surface area (Å²) in [5.74, 6) is 1.78. The molecule has 5 rings (SSSR count). The molecule has 2 aromatic heterocycles. The zero-order chi connectivity index (χ0) is 25.1. The van der Waals surface area contributed by atoms with Crippen molar-refractivity contribution in [1.29, 1.82) is 0 Å². The molecule has 0 spiro atoms. The highest BCUT2D eigenvalue weighted by atomic mass is 79.9. The van der Waals surface area contributed by atoms with Gasteiger partial charge in [-0.2, -0.15) is 4.99 Å². The number of rotatable bonds is 7. The maximum Gasteiger partial charge on any atom is 0.281 e. The van der Waals surface area contributed by atoms with Gasteiger partial charge >= 0.3 is 0 Å². The number of halogens is 1. The number of nitrogens with zero attached hydrogens (tertiary/aromatic N) is 5. The number of nitrogens with two attached hydrogens (primary N) is 1. The van der Waals surface area contributed by atoms with Crippen molar-refractivity contribution in [3.63, 3.8) is 0 Å². The summed E-state index contributed by atoms with van der Waals surface area (Å²) in [5.41, 5.74) is 6.91. The Morgan fingerprint density at radius 2 is 2.14 bits per heavy atom. The number of carbonyl (C=O) groups excluding carboxylic acids is 1. The Morgan fingerprint density at radius 1 is 1.31 bits per heavy atom. The number of hydrogen-bond acceptors (Lipinski definition) is 9. The quantitative estimate of drug-likeness (QED) is 0.419. The summed E-state index contributed by atoms with van der Waals surface area (Å²) in [7, 11) is 1.59. The largest absolute Gasteiger partial charge is 0.491 e. The lowest BCUT2D eigenvalue weighted by atomic mass is 10.2. The van der Waals surface area contributed by atoms with Gasteiger partial charge in [0.15, 0.2) is 11.5 Å². The van der Waals surface area contributed by atoms with E-state index in [1.54, 1.807) is 13.2 Å². The van der Waals surface area contributed by atoms with E-state index < -0.39 is 5.91 Å². The van der Waals surface area contributed by atoms with Gasteiger partial charge in [0.05, 0.1) is 37.0 Å². The number of hydrogen-bond donors (Lipinski definition) is 2. The van der Waals surface area contributed by atoms with Crippen molar-refractivity contribution in [2.75, 3.05) is 64.2 Å². The van der Waals surface area contributed by atoms with Crippen LogP contribution >= 0.6 is 15.9 Å². The van der Waals surface area contributed by atoms with Crippen LogP contribution in [0.3, 0.4) is 0 Å². The first kappa shape index (κ1) is 24.5. The normalized spacial score (nSPS) is 16.1. The van der Waals surface area contributed by atoms with Crippen LogP contribution in [-0.4, -0.2) is 78.5 Å². The molecule has 12 heteroatoms. The predicted octanol–water partition coefficient (Wildman–Crippen LogP) is 2.05. The average Bonchev–Trinajstić information content (AvgIpc) is 3.39. The lowest BCUT2D eigenvalue weighted by Gasteiger charge is -2.26. The van der Waals surface area contributed by atoms with Crippen LogP contribution in [0.15, 0.2) is 33.9 Å². The summed E-state index contributed by atoms with van der Waals surface area (Å²) in [6, 6.07) is 5.46. The van der Waals surface area contributed by atoms with E-state index in [4.69, 9.17) is 24.9 Å². The fourth-order valence-corrected chi connectivity index (χ4v) is 4.71. The molecule has 1 aromatic carbocycles. The highest BCUT2D eigenvalue weighted by Crippen LogP contribution is 2.37. The van der Waals surface area contributed by atoms with Crippen LogP contribution in [0.4, 0.5) is 11.6 Å². The SMILES string of the molecule is COc1c(OCCCN2CCOCC2)ccc2c3n(c(=NC(=O)c4cnc(N)c(Br)c4)nc12)CCN3. The summed E-state index contributed by atoms with van der Waals surface area (Å²) in [6.45, 7) is 6.30. The van der Waals surface area contributed by atoms with Crippen LogP contribution in [0.25, 0.3) is 10.9 Å². The Hall–Kier alpha value is -3.22. The van der Waals surface area contributed by atoms with Gasteiger partial charge in [0.2, 0.25) is 5.62 Å². The molecule has 2 aliphatic rings.